The number of carbonyl (C=O) groups is 1. The van der Waals surface area contributed by atoms with Gasteiger partial charge in [0.1, 0.15) is 0 Å². The van der Waals surface area contributed by atoms with Crippen molar-refractivity contribution in [3.05, 3.63) is 33.6 Å². The lowest BCUT2D eigenvalue weighted by molar-refractivity contribution is -0.115. The van der Waals surface area contributed by atoms with Crippen molar-refractivity contribution in [1.29, 1.82) is 0 Å². The van der Waals surface area contributed by atoms with Crippen LogP contribution in [-0.4, -0.2) is 15.7 Å². The molecule has 1 unspecified atom stereocenters. The van der Waals surface area contributed by atoms with Crippen molar-refractivity contribution in [3.63, 3.8) is 0 Å². The zero-order valence-corrected chi connectivity index (χ0v) is 13.7. The van der Waals surface area contributed by atoms with E-state index in [4.69, 9.17) is 23.2 Å². The minimum atomic E-state index is -0.259. The fraction of sp³-hybridized carbons (Fsp3) is 0.167. The fourth-order valence-electron chi connectivity index (χ4n) is 1.32. The topological polar surface area (TPSA) is 42.0 Å². The number of aromatic nitrogens is 1. The molecule has 7 heteroatoms. The first-order valence-corrected chi connectivity index (χ1v) is 7.88. The van der Waals surface area contributed by atoms with Gasteiger partial charge in [0.25, 0.3) is 0 Å². The molecule has 2 rings (SSSR count). The number of benzene rings is 1. The van der Waals surface area contributed by atoms with Crippen molar-refractivity contribution < 1.29 is 4.79 Å². The predicted octanol–water partition coefficient (Wildman–Crippen LogP) is 4.84. The largest absolute Gasteiger partial charge is 0.301 e. The van der Waals surface area contributed by atoms with Crippen molar-refractivity contribution in [2.24, 2.45) is 0 Å². The van der Waals surface area contributed by atoms with Crippen LogP contribution in [0.5, 0.6) is 0 Å². The molecular formula is C12H9BrCl2N2OS. The number of rotatable bonds is 3. The lowest BCUT2D eigenvalue weighted by Gasteiger charge is -2.02. The molecule has 0 aliphatic rings. The Morgan fingerprint density at radius 3 is 2.79 bits per heavy atom. The monoisotopic (exact) mass is 378 g/mol. The van der Waals surface area contributed by atoms with Crippen LogP contribution >= 0.6 is 50.5 Å². The predicted molar refractivity (Wildman–Crippen MR) is 84.6 cm³/mol. The Balaban J connectivity index is 2.21. The molecule has 0 aliphatic heterocycles. The van der Waals surface area contributed by atoms with Crippen LogP contribution in [0.3, 0.4) is 0 Å². The third-order valence-electron chi connectivity index (χ3n) is 2.31. The van der Waals surface area contributed by atoms with Crippen molar-refractivity contribution in [3.8, 4) is 11.3 Å². The lowest BCUT2D eigenvalue weighted by atomic mass is 10.2. The molecule has 1 aromatic carbocycles. The smallest absolute Gasteiger partial charge is 0.239 e. The number of carbonyl (C=O) groups excluding carboxylic acids is 1. The van der Waals surface area contributed by atoms with Crippen molar-refractivity contribution in [2.75, 3.05) is 5.32 Å². The number of alkyl halides is 1. The van der Waals surface area contributed by atoms with Gasteiger partial charge in [0.05, 0.1) is 20.6 Å². The molecule has 0 aliphatic carbocycles. The Bertz CT molecular complexity index is 616. The van der Waals surface area contributed by atoms with Crippen LogP contribution in [0.15, 0.2) is 23.6 Å². The number of hydrogen-bond donors (Lipinski definition) is 1. The van der Waals surface area contributed by atoms with E-state index in [1.807, 2.05) is 11.4 Å². The van der Waals surface area contributed by atoms with Gasteiger partial charge in [-0.3, -0.25) is 4.79 Å². The second-order valence-corrected chi connectivity index (χ2v) is 6.82. The summed E-state index contributed by atoms with van der Waals surface area (Å²) in [6, 6.07) is 5.30. The van der Waals surface area contributed by atoms with Gasteiger partial charge in [0, 0.05) is 10.9 Å². The highest BCUT2D eigenvalue weighted by molar-refractivity contribution is 9.10. The Kier molecular flexibility index (Phi) is 4.84. The van der Waals surface area contributed by atoms with Gasteiger partial charge in [-0.1, -0.05) is 45.2 Å². The summed E-state index contributed by atoms with van der Waals surface area (Å²) < 4.78 is 0. The first-order valence-electron chi connectivity index (χ1n) is 5.33. The fourth-order valence-corrected chi connectivity index (χ4v) is 2.46. The van der Waals surface area contributed by atoms with Crippen LogP contribution in [0, 0.1) is 0 Å². The summed E-state index contributed by atoms with van der Waals surface area (Å²) >= 11 is 16.4. The number of hydrogen-bond acceptors (Lipinski definition) is 3. The minimum Gasteiger partial charge on any atom is -0.301 e. The molecule has 1 amide bonds. The molecule has 0 spiro atoms. The molecular weight excluding hydrogens is 371 g/mol. The van der Waals surface area contributed by atoms with Gasteiger partial charge in [0.2, 0.25) is 5.91 Å². The average Bonchev–Trinajstić information content (AvgIpc) is 2.81. The van der Waals surface area contributed by atoms with Gasteiger partial charge in [-0.2, -0.15) is 0 Å². The van der Waals surface area contributed by atoms with E-state index in [1.54, 1.807) is 19.1 Å². The zero-order valence-electron chi connectivity index (χ0n) is 9.78. The highest BCUT2D eigenvalue weighted by atomic mass is 79.9. The van der Waals surface area contributed by atoms with Gasteiger partial charge >= 0.3 is 0 Å². The summed E-state index contributed by atoms with van der Waals surface area (Å²) in [5, 5.41) is 6.11. The Morgan fingerprint density at radius 1 is 1.42 bits per heavy atom. The summed E-state index contributed by atoms with van der Waals surface area (Å²) in [7, 11) is 0. The number of nitrogens with zero attached hydrogens (tertiary/aromatic N) is 1. The van der Waals surface area contributed by atoms with Gasteiger partial charge in [-0.25, -0.2) is 4.98 Å². The quantitative estimate of drug-likeness (QED) is 0.775. The molecule has 19 heavy (non-hydrogen) atoms. The van der Waals surface area contributed by atoms with Gasteiger partial charge < -0.3 is 5.32 Å². The maximum atomic E-state index is 11.5. The van der Waals surface area contributed by atoms with Gasteiger partial charge in [-0.05, 0) is 19.1 Å². The first kappa shape index (κ1) is 14.8. The van der Waals surface area contributed by atoms with Crippen LogP contribution in [-0.2, 0) is 4.79 Å². The maximum Gasteiger partial charge on any atom is 0.239 e. The third-order valence-corrected chi connectivity index (χ3v) is 4.22. The van der Waals surface area contributed by atoms with E-state index >= 15 is 0 Å². The lowest BCUT2D eigenvalue weighted by Crippen LogP contribution is -2.19. The second-order valence-electron chi connectivity index (χ2n) is 3.77. The Morgan fingerprint density at radius 2 is 2.16 bits per heavy atom. The summed E-state index contributed by atoms with van der Waals surface area (Å²) in [5.74, 6) is -0.130. The zero-order chi connectivity index (χ0) is 14.0. The van der Waals surface area contributed by atoms with Crippen molar-refractivity contribution >= 4 is 61.5 Å². The van der Waals surface area contributed by atoms with Gasteiger partial charge in [0.15, 0.2) is 5.13 Å². The average molecular weight is 380 g/mol. The van der Waals surface area contributed by atoms with Crippen molar-refractivity contribution in [1.82, 2.24) is 4.98 Å². The molecule has 0 bridgehead atoms. The SMILES string of the molecule is CC(Br)C(=O)Nc1nc(-c2ccc(Cl)c(Cl)c2)cs1. The molecule has 100 valence electrons. The molecule has 0 saturated heterocycles. The van der Waals surface area contributed by atoms with Gasteiger partial charge in [-0.15, -0.1) is 11.3 Å². The molecule has 0 fully saturated rings. The van der Waals surface area contributed by atoms with E-state index in [9.17, 15) is 4.79 Å². The number of anilines is 1. The number of thiazole rings is 1. The second kappa shape index (κ2) is 6.22. The van der Waals surface area contributed by atoms with Crippen molar-refractivity contribution in [2.45, 2.75) is 11.8 Å². The van der Waals surface area contributed by atoms with E-state index in [-0.39, 0.29) is 10.7 Å². The Hall–Kier alpha value is -0.620. The normalized spacial score (nSPS) is 12.2. The molecule has 1 atom stereocenters. The molecule has 1 heterocycles. The van der Waals surface area contributed by atoms with E-state index in [1.165, 1.54) is 11.3 Å². The standard InChI is InChI=1S/C12H9BrCl2N2OS/c1-6(13)11(18)17-12-16-10(5-19-12)7-2-3-8(14)9(15)4-7/h2-6H,1H3,(H,16,17,18). The van der Waals surface area contributed by atoms with Crippen LogP contribution < -0.4 is 5.32 Å². The number of amides is 1. The molecule has 0 radical (unpaired) electrons. The van der Waals surface area contributed by atoms with Crippen LogP contribution in [0.2, 0.25) is 10.0 Å². The van der Waals surface area contributed by atoms with Crippen LogP contribution in [0.4, 0.5) is 5.13 Å². The molecule has 0 saturated carbocycles. The van der Waals surface area contributed by atoms with E-state index in [0.29, 0.717) is 15.2 Å². The Labute approximate surface area is 133 Å². The molecule has 3 nitrogen and oxygen atoms in total. The highest BCUT2D eigenvalue weighted by Gasteiger charge is 2.12. The summed E-state index contributed by atoms with van der Waals surface area (Å²) in [4.78, 5) is 15.6. The maximum absolute atomic E-state index is 11.5. The molecule has 1 aromatic heterocycles. The van der Waals surface area contributed by atoms with E-state index in [2.05, 4.69) is 26.2 Å². The first-order chi connectivity index (χ1) is 8.97. The summed E-state index contributed by atoms with van der Waals surface area (Å²) in [6.45, 7) is 1.75. The van der Waals surface area contributed by atoms with Crippen LogP contribution in [0.25, 0.3) is 11.3 Å². The third kappa shape index (κ3) is 3.69. The number of nitrogens with one attached hydrogen (secondary N) is 1. The summed E-state index contributed by atoms with van der Waals surface area (Å²) in [6.07, 6.45) is 0. The van der Waals surface area contributed by atoms with E-state index < -0.39 is 0 Å². The number of halogens is 3. The molecule has 2 aromatic rings. The highest BCUT2D eigenvalue weighted by Crippen LogP contribution is 2.30. The summed E-state index contributed by atoms with van der Waals surface area (Å²) in [5.41, 5.74) is 1.61. The minimum absolute atomic E-state index is 0.130. The van der Waals surface area contributed by atoms with Crippen LogP contribution in [0.1, 0.15) is 6.92 Å². The van der Waals surface area contributed by atoms with E-state index in [0.717, 1.165) is 11.3 Å². The molecule has 1 N–H and O–H groups in total.